The number of esters is 1. The van der Waals surface area contributed by atoms with Gasteiger partial charge in [-0.25, -0.2) is 14.2 Å². The number of halogens is 2. The smallest absolute Gasteiger partial charge is 0.350 e. The number of rotatable bonds is 4. The number of ether oxygens (including phenoxy) is 1. The van der Waals surface area contributed by atoms with E-state index in [1.54, 1.807) is 38.1 Å². The Morgan fingerprint density at radius 2 is 1.85 bits per heavy atom. The molecular weight excluding hydrogens is 527 g/mol. The monoisotopic (exact) mass is 544 g/mol. The number of ketones is 1. The Morgan fingerprint density at radius 3 is 2.47 bits per heavy atom. The molecule has 4 rings (SSSR count). The van der Waals surface area contributed by atoms with Gasteiger partial charge in [-0.1, -0.05) is 51.5 Å². The molecule has 7 nitrogen and oxygen atoms in total. The van der Waals surface area contributed by atoms with Gasteiger partial charge in [0.1, 0.15) is 16.5 Å². The Kier molecular flexibility index (Phi) is 6.37. The predicted molar refractivity (Wildman–Crippen MR) is 128 cm³/mol. The van der Waals surface area contributed by atoms with Gasteiger partial charge in [-0.2, -0.15) is 0 Å². The number of aromatic nitrogens is 1. The topological polar surface area (TPSA) is 96.8 Å². The van der Waals surface area contributed by atoms with Gasteiger partial charge in [0, 0.05) is 10.0 Å². The number of hydrogen-bond donors (Lipinski definition) is 1. The molecule has 2 heterocycles. The minimum Gasteiger partial charge on any atom is -0.507 e. The maximum atomic E-state index is 14.2. The highest BCUT2D eigenvalue weighted by molar-refractivity contribution is 9.10. The molecule has 0 radical (unpaired) electrons. The number of anilines is 1. The fourth-order valence-electron chi connectivity index (χ4n) is 3.65. The van der Waals surface area contributed by atoms with Crippen molar-refractivity contribution in [2.45, 2.75) is 19.9 Å². The fourth-order valence-corrected chi connectivity index (χ4v) is 4.93. The molecule has 1 aromatic heterocycles. The third-order valence-electron chi connectivity index (χ3n) is 5.44. The lowest BCUT2D eigenvalue weighted by Crippen LogP contribution is -2.29. The highest BCUT2D eigenvalue weighted by Crippen LogP contribution is 2.44. The SMILES string of the molecule is COC(=O)c1sc(N2C(=O)C(=O)C(=C(O)c3ccc(C)c(F)c3)[C@H]2c2ccc(Br)cc2)nc1C. The molecule has 1 aliphatic heterocycles. The van der Waals surface area contributed by atoms with E-state index < -0.39 is 35.3 Å². The van der Waals surface area contributed by atoms with Gasteiger partial charge in [0.05, 0.1) is 24.4 Å². The maximum absolute atomic E-state index is 14.2. The lowest BCUT2D eigenvalue weighted by atomic mass is 9.95. The first-order valence-electron chi connectivity index (χ1n) is 10.0. The quantitative estimate of drug-likeness (QED) is 0.213. The number of amides is 1. The van der Waals surface area contributed by atoms with Crippen molar-refractivity contribution in [2.75, 3.05) is 12.0 Å². The fraction of sp³-hybridized carbons (Fsp3) is 0.167. The second-order valence-corrected chi connectivity index (χ2v) is 9.48. The molecule has 10 heteroatoms. The van der Waals surface area contributed by atoms with Gasteiger partial charge in [0.2, 0.25) is 0 Å². The number of thiazole rings is 1. The van der Waals surface area contributed by atoms with Crippen LogP contribution in [0.2, 0.25) is 0 Å². The Bertz CT molecular complexity index is 1370. The van der Waals surface area contributed by atoms with Crippen molar-refractivity contribution in [3.8, 4) is 0 Å². The van der Waals surface area contributed by atoms with Crippen LogP contribution in [-0.4, -0.2) is 34.9 Å². The Morgan fingerprint density at radius 1 is 1.18 bits per heavy atom. The molecule has 34 heavy (non-hydrogen) atoms. The molecule has 0 bridgehead atoms. The molecule has 1 N–H and O–H groups in total. The van der Waals surface area contributed by atoms with E-state index in [-0.39, 0.29) is 21.1 Å². The number of carbonyl (C=O) groups is 3. The predicted octanol–water partition coefficient (Wildman–Crippen LogP) is 5.07. The molecule has 0 unspecified atom stereocenters. The second-order valence-electron chi connectivity index (χ2n) is 7.59. The van der Waals surface area contributed by atoms with Crippen LogP contribution in [0.1, 0.15) is 38.1 Å². The van der Waals surface area contributed by atoms with Crippen LogP contribution in [0.25, 0.3) is 5.76 Å². The molecule has 0 spiro atoms. The maximum Gasteiger partial charge on any atom is 0.350 e. The molecule has 2 aromatic carbocycles. The van der Waals surface area contributed by atoms with Gasteiger partial charge >= 0.3 is 11.9 Å². The summed E-state index contributed by atoms with van der Waals surface area (Å²) in [6.07, 6.45) is 0. The molecule has 3 aromatic rings. The van der Waals surface area contributed by atoms with Crippen molar-refractivity contribution in [1.29, 1.82) is 0 Å². The molecule has 1 amide bonds. The molecule has 0 saturated carbocycles. The molecule has 0 aliphatic carbocycles. The zero-order valence-corrected chi connectivity index (χ0v) is 20.7. The number of benzene rings is 2. The highest BCUT2D eigenvalue weighted by Gasteiger charge is 2.48. The van der Waals surface area contributed by atoms with Crippen LogP contribution in [-0.2, 0) is 14.3 Å². The summed E-state index contributed by atoms with van der Waals surface area (Å²) in [7, 11) is 1.23. The number of carbonyl (C=O) groups excluding carboxylic acids is 3. The van der Waals surface area contributed by atoms with Crippen LogP contribution >= 0.6 is 27.3 Å². The molecule has 1 aliphatic rings. The third kappa shape index (κ3) is 4.03. The first-order valence-corrected chi connectivity index (χ1v) is 11.6. The first-order chi connectivity index (χ1) is 16.1. The highest BCUT2D eigenvalue weighted by atomic mass is 79.9. The molecular formula is C24H18BrFN2O5S. The Balaban J connectivity index is 1.94. The summed E-state index contributed by atoms with van der Waals surface area (Å²) in [5.74, 6) is -3.55. The summed E-state index contributed by atoms with van der Waals surface area (Å²) in [6.45, 7) is 3.16. The summed E-state index contributed by atoms with van der Waals surface area (Å²) in [5.41, 5.74) is 1.08. The first kappa shape index (κ1) is 23.8. The van der Waals surface area contributed by atoms with Crippen LogP contribution < -0.4 is 4.90 Å². The van der Waals surface area contributed by atoms with Crippen molar-refractivity contribution in [3.05, 3.63) is 85.6 Å². The zero-order chi connectivity index (χ0) is 24.7. The van der Waals surface area contributed by atoms with E-state index in [0.29, 0.717) is 16.8 Å². The summed E-state index contributed by atoms with van der Waals surface area (Å²) >= 11 is 4.26. The van der Waals surface area contributed by atoms with E-state index in [1.165, 1.54) is 19.2 Å². The summed E-state index contributed by atoms with van der Waals surface area (Å²) in [4.78, 5) is 44.1. The van der Waals surface area contributed by atoms with E-state index in [0.717, 1.165) is 26.8 Å². The van der Waals surface area contributed by atoms with Crippen molar-refractivity contribution < 1.29 is 28.6 Å². The average Bonchev–Trinajstić information content (AvgIpc) is 3.32. The number of aliphatic hydroxyl groups is 1. The van der Waals surface area contributed by atoms with Crippen LogP contribution in [0.4, 0.5) is 9.52 Å². The van der Waals surface area contributed by atoms with Crippen LogP contribution in [0.3, 0.4) is 0 Å². The molecule has 174 valence electrons. The van der Waals surface area contributed by atoms with Crippen LogP contribution in [0.15, 0.2) is 52.5 Å². The van der Waals surface area contributed by atoms with E-state index in [2.05, 4.69) is 20.9 Å². The number of Topliss-reactive ketones (excluding diaryl/α,β-unsaturated/α-hetero) is 1. The van der Waals surface area contributed by atoms with E-state index in [9.17, 15) is 23.9 Å². The van der Waals surface area contributed by atoms with Crippen LogP contribution in [0.5, 0.6) is 0 Å². The van der Waals surface area contributed by atoms with Gasteiger partial charge in [-0.3, -0.25) is 14.5 Å². The average molecular weight is 545 g/mol. The minimum absolute atomic E-state index is 0.0637. The molecule has 1 atom stereocenters. The van der Waals surface area contributed by atoms with E-state index in [4.69, 9.17) is 4.74 Å². The standard InChI is InChI=1S/C24H18BrFN2O5S/c1-11-4-5-14(10-16(11)26)19(29)17-18(13-6-8-15(25)9-7-13)28(22(31)20(17)30)24-27-12(2)21(34-24)23(32)33-3/h4-10,18,29H,1-3H3/t18-/m1/s1. The van der Waals surface area contributed by atoms with Crippen LogP contribution in [0, 0.1) is 19.7 Å². The Labute approximate surface area is 206 Å². The van der Waals surface area contributed by atoms with Gasteiger partial charge in [-0.05, 0) is 43.2 Å². The number of methoxy groups -OCH3 is 1. The molecule has 1 saturated heterocycles. The summed E-state index contributed by atoms with van der Waals surface area (Å²) in [6, 6.07) is 9.86. The minimum atomic E-state index is -1.05. The number of nitrogens with zero attached hydrogens (tertiary/aromatic N) is 2. The van der Waals surface area contributed by atoms with Crippen molar-refractivity contribution >= 4 is 55.8 Å². The lowest BCUT2D eigenvalue weighted by Gasteiger charge is -2.23. The van der Waals surface area contributed by atoms with Gasteiger partial charge in [0.15, 0.2) is 5.13 Å². The van der Waals surface area contributed by atoms with E-state index in [1.807, 2.05) is 0 Å². The summed E-state index contributed by atoms with van der Waals surface area (Å²) in [5, 5.41) is 11.2. The lowest BCUT2D eigenvalue weighted by molar-refractivity contribution is -0.132. The van der Waals surface area contributed by atoms with E-state index >= 15 is 0 Å². The van der Waals surface area contributed by atoms with Gasteiger partial charge in [-0.15, -0.1) is 0 Å². The second kappa shape index (κ2) is 9.11. The largest absolute Gasteiger partial charge is 0.507 e. The normalized spacial score (nSPS) is 17.3. The van der Waals surface area contributed by atoms with Crippen molar-refractivity contribution in [2.24, 2.45) is 0 Å². The number of aryl methyl sites for hydroxylation is 2. The van der Waals surface area contributed by atoms with Gasteiger partial charge in [0.25, 0.3) is 5.78 Å². The number of hydrogen-bond acceptors (Lipinski definition) is 7. The van der Waals surface area contributed by atoms with Crippen molar-refractivity contribution in [3.63, 3.8) is 0 Å². The van der Waals surface area contributed by atoms with Crippen molar-refractivity contribution in [1.82, 2.24) is 4.98 Å². The Hall–Kier alpha value is -3.37. The molecule has 1 fully saturated rings. The number of aliphatic hydroxyl groups excluding tert-OH is 1. The third-order valence-corrected chi connectivity index (χ3v) is 7.10. The van der Waals surface area contributed by atoms with Gasteiger partial charge < -0.3 is 9.84 Å². The zero-order valence-electron chi connectivity index (χ0n) is 18.3. The summed E-state index contributed by atoms with van der Waals surface area (Å²) < 4.78 is 19.8.